The third-order valence-electron chi connectivity index (χ3n) is 4.43. The van der Waals surface area contributed by atoms with Crippen molar-refractivity contribution in [3.63, 3.8) is 0 Å². The average molecular weight is 315 g/mol. The Morgan fingerprint density at radius 1 is 1.52 bits per heavy atom. The molecule has 1 unspecified atom stereocenters. The molecular weight excluding hydrogens is 290 g/mol. The first-order chi connectivity index (χ1) is 11.1. The van der Waals surface area contributed by atoms with Gasteiger partial charge >= 0.3 is 0 Å². The lowest BCUT2D eigenvalue weighted by molar-refractivity contribution is 0.0953. The van der Waals surface area contributed by atoms with Gasteiger partial charge in [0.05, 0.1) is 17.1 Å². The molecule has 1 amide bonds. The zero-order valence-electron chi connectivity index (χ0n) is 14.1. The second-order valence-corrected chi connectivity index (χ2v) is 6.63. The molecule has 2 aromatic rings. The number of fused-ring (bicyclic) bond motifs is 1. The van der Waals surface area contributed by atoms with Gasteiger partial charge in [0.2, 0.25) is 0 Å². The smallest absolute Gasteiger partial charge is 0.252 e. The van der Waals surface area contributed by atoms with Gasteiger partial charge in [0.25, 0.3) is 5.91 Å². The minimum absolute atomic E-state index is 0.0326. The topological polar surface area (TPSA) is 71.8 Å². The molecule has 0 radical (unpaired) electrons. The van der Waals surface area contributed by atoms with Crippen LogP contribution in [0.15, 0.2) is 12.3 Å². The first-order valence-electron chi connectivity index (χ1n) is 8.40. The van der Waals surface area contributed by atoms with Crippen LogP contribution in [-0.4, -0.2) is 40.3 Å². The summed E-state index contributed by atoms with van der Waals surface area (Å²) < 4.78 is 1.86. The summed E-state index contributed by atoms with van der Waals surface area (Å²) in [7, 11) is 0. The lowest BCUT2D eigenvalue weighted by Gasteiger charge is -2.11. The standard InChI is InChI=1S/C17H25N5O/c1-11(2)22-16-15(10-20-22)14(8-12(3)21-16)17(23)19-7-5-13-4-6-18-9-13/h8,10-11,13,18H,4-7,9H2,1-3H3,(H,19,23). The highest BCUT2D eigenvalue weighted by Gasteiger charge is 2.18. The number of rotatable bonds is 5. The van der Waals surface area contributed by atoms with Crippen molar-refractivity contribution in [3.8, 4) is 0 Å². The molecule has 6 heteroatoms. The maximum atomic E-state index is 12.6. The molecule has 1 aliphatic heterocycles. The molecule has 3 rings (SSSR count). The highest BCUT2D eigenvalue weighted by molar-refractivity contribution is 6.05. The van der Waals surface area contributed by atoms with Crippen molar-refractivity contribution in [2.75, 3.05) is 19.6 Å². The van der Waals surface area contributed by atoms with E-state index < -0.39 is 0 Å². The summed E-state index contributed by atoms with van der Waals surface area (Å²) in [6, 6.07) is 2.06. The van der Waals surface area contributed by atoms with Crippen LogP contribution < -0.4 is 10.6 Å². The predicted molar refractivity (Wildman–Crippen MR) is 90.6 cm³/mol. The minimum Gasteiger partial charge on any atom is -0.352 e. The van der Waals surface area contributed by atoms with E-state index in [1.54, 1.807) is 6.20 Å². The second-order valence-electron chi connectivity index (χ2n) is 6.63. The third kappa shape index (κ3) is 3.37. The molecule has 2 N–H and O–H groups in total. The Hall–Kier alpha value is -1.95. The number of aryl methyl sites for hydroxylation is 1. The molecule has 0 aromatic carbocycles. The Balaban J connectivity index is 1.76. The van der Waals surface area contributed by atoms with Crippen LogP contribution in [0.1, 0.15) is 48.8 Å². The molecule has 0 saturated carbocycles. The number of nitrogens with zero attached hydrogens (tertiary/aromatic N) is 3. The highest BCUT2D eigenvalue weighted by Crippen LogP contribution is 2.21. The van der Waals surface area contributed by atoms with Crippen LogP contribution in [0.5, 0.6) is 0 Å². The van der Waals surface area contributed by atoms with Crippen molar-refractivity contribution in [3.05, 3.63) is 23.5 Å². The predicted octanol–water partition coefficient (Wildman–Crippen LogP) is 2.05. The summed E-state index contributed by atoms with van der Waals surface area (Å²) in [5.74, 6) is 0.646. The molecule has 6 nitrogen and oxygen atoms in total. The number of carbonyl (C=O) groups excluding carboxylic acids is 1. The van der Waals surface area contributed by atoms with E-state index in [1.165, 1.54) is 6.42 Å². The van der Waals surface area contributed by atoms with E-state index in [1.807, 2.05) is 17.7 Å². The lowest BCUT2D eigenvalue weighted by atomic mass is 10.1. The zero-order valence-corrected chi connectivity index (χ0v) is 14.1. The summed E-state index contributed by atoms with van der Waals surface area (Å²) in [5.41, 5.74) is 2.29. The van der Waals surface area contributed by atoms with E-state index in [0.29, 0.717) is 18.0 Å². The van der Waals surface area contributed by atoms with E-state index in [4.69, 9.17) is 0 Å². The Kier molecular flexibility index (Phi) is 4.61. The van der Waals surface area contributed by atoms with E-state index in [0.717, 1.165) is 36.2 Å². The van der Waals surface area contributed by atoms with Gasteiger partial charge in [-0.1, -0.05) is 0 Å². The average Bonchev–Trinajstić information content (AvgIpc) is 3.15. The summed E-state index contributed by atoms with van der Waals surface area (Å²) in [5, 5.41) is 11.6. The third-order valence-corrected chi connectivity index (χ3v) is 4.43. The van der Waals surface area contributed by atoms with Gasteiger partial charge in [-0.15, -0.1) is 0 Å². The van der Waals surface area contributed by atoms with Crippen molar-refractivity contribution in [2.24, 2.45) is 5.92 Å². The number of hydrogen-bond acceptors (Lipinski definition) is 4. The molecule has 0 spiro atoms. The molecule has 0 aliphatic carbocycles. The molecule has 3 heterocycles. The Morgan fingerprint density at radius 2 is 2.35 bits per heavy atom. The maximum Gasteiger partial charge on any atom is 0.252 e. The molecule has 23 heavy (non-hydrogen) atoms. The Labute approximate surface area is 136 Å². The summed E-state index contributed by atoms with van der Waals surface area (Å²) in [6.07, 6.45) is 3.98. The van der Waals surface area contributed by atoms with Gasteiger partial charge in [-0.25, -0.2) is 9.67 Å². The van der Waals surface area contributed by atoms with Crippen LogP contribution in [0.3, 0.4) is 0 Å². The van der Waals surface area contributed by atoms with Gasteiger partial charge in [-0.2, -0.15) is 5.10 Å². The molecule has 1 fully saturated rings. The number of nitrogens with one attached hydrogen (secondary N) is 2. The molecular formula is C17H25N5O. The fraction of sp³-hybridized carbons (Fsp3) is 0.588. The van der Waals surface area contributed by atoms with E-state index in [-0.39, 0.29) is 11.9 Å². The molecule has 124 valence electrons. The molecule has 1 atom stereocenters. The number of carbonyl (C=O) groups is 1. The maximum absolute atomic E-state index is 12.6. The zero-order chi connectivity index (χ0) is 16.4. The number of aromatic nitrogens is 3. The van der Waals surface area contributed by atoms with Crippen molar-refractivity contribution < 1.29 is 4.79 Å². The van der Waals surface area contributed by atoms with Crippen LogP contribution in [0.25, 0.3) is 11.0 Å². The van der Waals surface area contributed by atoms with Crippen molar-refractivity contribution >= 4 is 16.9 Å². The molecule has 1 saturated heterocycles. The minimum atomic E-state index is -0.0326. The van der Waals surface area contributed by atoms with Crippen molar-refractivity contribution in [2.45, 2.75) is 39.7 Å². The Morgan fingerprint density at radius 3 is 3.04 bits per heavy atom. The van der Waals surface area contributed by atoms with E-state index >= 15 is 0 Å². The molecule has 0 bridgehead atoms. The van der Waals surface area contributed by atoms with Crippen LogP contribution in [0, 0.1) is 12.8 Å². The molecule has 1 aliphatic rings. The lowest BCUT2D eigenvalue weighted by Crippen LogP contribution is -2.26. The van der Waals surface area contributed by atoms with E-state index in [2.05, 4.69) is 34.6 Å². The van der Waals surface area contributed by atoms with E-state index in [9.17, 15) is 4.79 Å². The fourth-order valence-corrected chi connectivity index (χ4v) is 3.15. The quantitative estimate of drug-likeness (QED) is 0.886. The van der Waals surface area contributed by atoms with Crippen molar-refractivity contribution in [1.29, 1.82) is 0 Å². The summed E-state index contributed by atoms with van der Waals surface area (Å²) in [6.45, 7) is 8.91. The van der Waals surface area contributed by atoms with Crippen LogP contribution in [-0.2, 0) is 0 Å². The van der Waals surface area contributed by atoms with Crippen LogP contribution in [0.2, 0.25) is 0 Å². The normalized spacial score (nSPS) is 18.0. The summed E-state index contributed by atoms with van der Waals surface area (Å²) in [4.78, 5) is 17.1. The summed E-state index contributed by atoms with van der Waals surface area (Å²) >= 11 is 0. The van der Waals surface area contributed by atoms with Gasteiger partial charge in [0.1, 0.15) is 0 Å². The van der Waals surface area contributed by atoms with Gasteiger partial charge in [0, 0.05) is 18.3 Å². The number of pyridine rings is 1. The van der Waals surface area contributed by atoms with Gasteiger partial charge in [0.15, 0.2) is 5.65 Å². The first-order valence-corrected chi connectivity index (χ1v) is 8.40. The monoisotopic (exact) mass is 315 g/mol. The Bertz CT molecular complexity index is 700. The molecule has 2 aromatic heterocycles. The van der Waals surface area contributed by atoms with Gasteiger partial charge in [-0.05, 0) is 58.7 Å². The highest BCUT2D eigenvalue weighted by atomic mass is 16.1. The van der Waals surface area contributed by atoms with Crippen LogP contribution in [0.4, 0.5) is 0 Å². The second kappa shape index (κ2) is 6.66. The van der Waals surface area contributed by atoms with Gasteiger partial charge < -0.3 is 10.6 Å². The SMILES string of the molecule is Cc1cc(C(=O)NCCC2CCNC2)c2cnn(C(C)C)c2n1. The first kappa shape index (κ1) is 15.9. The fourth-order valence-electron chi connectivity index (χ4n) is 3.15. The van der Waals surface area contributed by atoms with Crippen LogP contribution >= 0.6 is 0 Å². The largest absolute Gasteiger partial charge is 0.352 e. The van der Waals surface area contributed by atoms with Gasteiger partial charge in [-0.3, -0.25) is 4.79 Å². The van der Waals surface area contributed by atoms with Crippen molar-refractivity contribution in [1.82, 2.24) is 25.4 Å². The number of amides is 1. The number of hydrogen-bond donors (Lipinski definition) is 2.